The Morgan fingerprint density at radius 3 is 2.45 bits per heavy atom. The first kappa shape index (κ1) is 16.5. The maximum atomic E-state index is 11.4. The third-order valence-electron chi connectivity index (χ3n) is 2.94. The molecule has 1 heterocycles. The first-order valence-corrected chi connectivity index (χ1v) is 8.70. The number of hydrogen-bond donors (Lipinski definition) is 1. The summed E-state index contributed by atoms with van der Waals surface area (Å²) in [5, 5.41) is 3.34. The van der Waals surface area contributed by atoms with Gasteiger partial charge in [0.05, 0.1) is 11.9 Å². The molecule has 4 nitrogen and oxygen atoms in total. The maximum absolute atomic E-state index is 11.4. The fourth-order valence-electron chi connectivity index (χ4n) is 1.93. The van der Waals surface area contributed by atoms with Gasteiger partial charge < -0.3 is 10.1 Å². The molecule has 118 valence electrons. The third-order valence-corrected chi connectivity index (χ3v) is 3.87. The molecule has 1 aromatic carbocycles. The first-order valence-electron chi connectivity index (χ1n) is 7.14. The van der Waals surface area contributed by atoms with E-state index in [4.69, 9.17) is 4.74 Å². The topological polar surface area (TPSA) is 51.2 Å². The highest BCUT2D eigenvalue weighted by Gasteiger charge is 2.14. The van der Waals surface area contributed by atoms with Crippen LogP contribution in [0.1, 0.15) is 26.3 Å². The van der Waals surface area contributed by atoms with E-state index < -0.39 is 10.8 Å². The summed E-state index contributed by atoms with van der Waals surface area (Å²) in [7, 11) is -0.943. The minimum atomic E-state index is -0.943. The van der Waals surface area contributed by atoms with E-state index in [2.05, 4.69) is 10.3 Å². The lowest BCUT2D eigenvalue weighted by Gasteiger charge is -2.23. The second-order valence-electron chi connectivity index (χ2n) is 6.04. The molecule has 2 aromatic rings. The molecule has 0 aliphatic carbocycles. The van der Waals surface area contributed by atoms with Gasteiger partial charge in [-0.3, -0.25) is 9.19 Å². The van der Waals surface area contributed by atoms with E-state index in [-0.39, 0.29) is 5.60 Å². The molecule has 0 bridgehead atoms. The largest absolute Gasteiger partial charge is 0.486 e. The second kappa shape index (κ2) is 6.92. The van der Waals surface area contributed by atoms with Gasteiger partial charge in [-0.05, 0) is 38.5 Å². The molecular weight excluding hydrogens is 296 g/mol. The SMILES string of the molecule is C[S@](=O)c1ccc(CNc2cnccc2OC(C)(C)C)cc1. The molecule has 22 heavy (non-hydrogen) atoms. The Kier molecular flexibility index (Phi) is 5.19. The first-order chi connectivity index (χ1) is 10.3. The van der Waals surface area contributed by atoms with Crippen LogP contribution in [0.25, 0.3) is 0 Å². The zero-order chi connectivity index (χ0) is 16.2. The van der Waals surface area contributed by atoms with Gasteiger partial charge in [-0.25, -0.2) is 0 Å². The average molecular weight is 318 g/mol. The fourth-order valence-corrected chi connectivity index (χ4v) is 2.45. The van der Waals surface area contributed by atoms with Crippen LogP contribution in [0.3, 0.4) is 0 Å². The van der Waals surface area contributed by atoms with Crippen LogP contribution in [-0.4, -0.2) is 21.0 Å². The predicted octanol–water partition coefficient (Wildman–Crippen LogP) is 3.61. The van der Waals surface area contributed by atoms with E-state index >= 15 is 0 Å². The Morgan fingerprint density at radius 2 is 1.86 bits per heavy atom. The summed E-state index contributed by atoms with van der Waals surface area (Å²) in [5.41, 5.74) is 1.71. The van der Waals surface area contributed by atoms with Gasteiger partial charge in [-0.2, -0.15) is 0 Å². The smallest absolute Gasteiger partial charge is 0.146 e. The molecule has 2 rings (SSSR count). The Balaban J connectivity index is 2.06. The van der Waals surface area contributed by atoms with Gasteiger partial charge in [0.2, 0.25) is 0 Å². The normalized spacial score (nSPS) is 12.7. The Labute approximate surface area is 134 Å². The van der Waals surface area contributed by atoms with Crippen LogP contribution in [0.15, 0.2) is 47.6 Å². The van der Waals surface area contributed by atoms with Crippen molar-refractivity contribution < 1.29 is 8.95 Å². The van der Waals surface area contributed by atoms with Crippen molar-refractivity contribution in [2.75, 3.05) is 11.6 Å². The summed E-state index contributed by atoms with van der Waals surface area (Å²) < 4.78 is 17.3. The van der Waals surface area contributed by atoms with Gasteiger partial charge in [-0.1, -0.05) is 12.1 Å². The summed E-state index contributed by atoms with van der Waals surface area (Å²) in [6.07, 6.45) is 5.16. The Hall–Kier alpha value is -1.88. The molecular formula is C17H22N2O2S. The van der Waals surface area contributed by atoms with E-state index in [9.17, 15) is 4.21 Å². The summed E-state index contributed by atoms with van der Waals surface area (Å²) >= 11 is 0. The highest BCUT2D eigenvalue weighted by atomic mass is 32.2. The quantitative estimate of drug-likeness (QED) is 0.915. The molecule has 1 aromatic heterocycles. The van der Waals surface area contributed by atoms with Crippen LogP contribution in [-0.2, 0) is 17.3 Å². The summed E-state index contributed by atoms with van der Waals surface area (Å²) in [6, 6.07) is 9.59. The molecule has 5 heteroatoms. The molecule has 1 N–H and O–H groups in total. The van der Waals surface area contributed by atoms with Crippen LogP contribution < -0.4 is 10.1 Å². The van der Waals surface area contributed by atoms with Crippen molar-refractivity contribution in [2.45, 2.75) is 37.8 Å². The van der Waals surface area contributed by atoms with Gasteiger partial charge in [0.1, 0.15) is 11.4 Å². The van der Waals surface area contributed by atoms with Crippen LogP contribution in [0.5, 0.6) is 5.75 Å². The number of nitrogens with zero attached hydrogens (tertiary/aromatic N) is 1. The maximum Gasteiger partial charge on any atom is 0.146 e. The summed E-state index contributed by atoms with van der Waals surface area (Å²) in [5.74, 6) is 0.786. The Bertz CT molecular complexity index is 648. The molecule has 0 radical (unpaired) electrons. The van der Waals surface area contributed by atoms with Crippen molar-refractivity contribution in [3.05, 3.63) is 48.3 Å². The van der Waals surface area contributed by atoms with Crippen molar-refractivity contribution in [3.63, 3.8) is 0 Å². The number of anilines is 1. The number of nitrogens with one attached hydrogen (secondary N) is 1. The van der Waals surface area contributed by atoms with Crippen LogP contribution >= 0.6 is 0 Å². The monoisotopic (exact) mass is 318 g/mol. The molecule has 0 saturated heterocycles. The second-order valence-corrected chi connectivity index (χ2v) is 7.42. The van der Waals surface area contributed by atoms with E-state index in [1.807, 2.05) is 51.1 Å². The van der Waals surface area contributed by atoms with Gasteiger partial charge in [0, 0.05) is 40.8 Å². The minimum Gasteiger partial charge on any atom is -0.486 e. The fraction of sp³-hybridized carbons (Fsp3) is 0.353. The van der Waals surface area contributed by atoms with Crippen LogP contribution in [0.4, 0.5) is 5.69 Å². The average Bonchev–Trinajstić information content (AvgIpc) is 2.45. The van der Waals surface area contributed by atoms with Crippen LogP contribution in [0, 0.1) is 0 Å². The van der Waals surface area contributed by atoms with Crippen molar-refractivity contribution in [3.8, 4) is 5.75 Å². The van der Waals surface area contributed by atoms with E-state index in [0.29, 0.717) is 6.54 Å². The van der Waals surface area contributed by atoms with Gasteiger partial charge >= 0.3 is 0 Å². The van der Waals surface area contributed by atoms with Crippen molar-refractivity contribution >= 4 is 16.5 Å². The molecule has 0 saturated carbocycles. The zero-order valence-corrected chi connectivity index (χ0v) is 14.2. The number of benzene rings is 1. The number of aromatic nitrogens is 1. The molecule has 0 unspecified atom stereocenters. The molecule has 0 aliphatic heterocycles. The molecule has 1 atom stereocenters. The number of ether oxygens (including phenoxy) is 1. The summed E-state index contributed by atoms with van der Waals surface area (Å²) in [4.78, 5) is 4.98. The molecule has 0 amide bonds. The zero-order valence-electron chi connectivity index (χ0n) is 13.4. The molecule has 0 fully saturated rings. The lowest BCUT2D eigenvalue weighted by atomic mass is 10.2. The Morgan fingerprint density at radius 1 is 1.18 bits per heavy atom. The molecule has 0 aliphatic rings. The highest BCUT2D eigenvalue weighted by Crippen LogP contribution is 2.27. The predicted molar refractivity (Wildman–Crippen MR) is 90.7 cm³/mol. The molecule has 0 spiro atoms. The van der Waals surface area contributed by atoms with E-state index in [0.717, 1.165) is 21.9 Å². The van der Waals surface area contributed by atoms with Gasteiger partial charge in [-0.15, -0.1) is 0 Å². The van der Waals surface area contributed by atoms with Crippen LogP contribution in [0.2, 0.25) is 0 Å². The van der Waals surface area contributed by atoms with Crippen molar-refractivity contribution in [1.29, 1.82) is 0 Å². The van der Waals surface area contributed by atoms with E-state index in [1.54, 1.807) is 18.6 Å². The summed E-state index contributed by atoms with van der Waals surface area (Å²) in [6.45, 7) is 6.70. The van der Waals surface area contributed by atoms with Crippen molar-refractivity contribution in [2.24, 2.45) is 0 Å². The number of hydrogen-bond acceptors (Lipinski definition) is 4. The van der Waals surface area contributed by atoms with Gasteiger partial charge in [0.25, 0.3) is 0 Å². The third kappa shape index (κ3) is 4.84. The van der Waals surface area contributed by atoms with E-state index in [1.165, 1.54) is 0 Å². The highest BCUT2D eigenvalue weighted by molar-refractivity contribution is 7.84. The minimum absolute atomic E-state index is 0.259. The number of pyridine rings is 1. The standard InChI is InChI=1S/C17H22N2O2S/c1-17(2,3)21-16-9-10-18-12-15(16)19-11-13-5-7-14(8-6-13)22(4)20/h5-10,12,19H,11H2,1-4H3/t22-/m0/s1. The lowest BCUT2D eigenvalue weighted by Crippen LogP contribution is -2.23. The lowest BCUT2D eigenvalue weighted by molar-refractivity contribution is 0.131. The number of rotatable bonds is 5. The van der Waals surface area contributed by atoms with Gasteiger partial charge in [0.15, 0.2) is 0 Å². The van der Waals surface area contributed by atoms with Crippen molar-refractivity contribution in [1.82, 2.24) is 4.98 Å².